The number of esters is 2. The molecular formula is C54H64N8O8+2. The number of guanidine groups is 2. The lowest BCUT2D eigenvalue weighted by molar-refractivity contribution is -0.460. The third-order valence-electron chi connectivity index (χ3n) is 11.3. The van der Waals surface area contributed by atoms with Crippen molar-refractivity contribution in [1.29, 1.82) is 0 Å². The summed E-state index contributed by atoms with van der Waals surface area (Å²) in [4.78, 5) is 58.7. The van der Waals surface area contributed by atoms with Crippen LogP contribution in [-0.4, -0.2) is 74.1 Å². The zero-order valence-electron chi connectivity index (χ0n) is 39.3. The predicted molar refractivity (Wildman–Crippen MR) is 270 cm³/mol. The van der Waals surface area contributed by atoms with Crippen LogP contribution >= 0.6 is 0 Å². The van der Waals surface area contributed by atoms with Crippen LogP contribution in [0.15, 0.2) is 133 Å². The molecule has 0 heterocycles. The van der Waals surface area contributed by atoms with Crippen LogP contribution in [0.4, 0.5) is 0 Å². The highest BCUT2D eigenvalue weighted by molar-refractivity contribution is 6.09. The molecule has 0 bridgehead atoms. The minimum absolute atomic E-state index is 0.0737. The Balaban J connectivity index is 1.12. The number of amides is 2. The molecule has 0 unspecified atom stereocenters. The molecule has 366 valence electrons. The zero-order chi connectivity index (χ0) is 49.5. The van der Waals surface area contributed by atoms with Gasteiger partial charge in [0.2, 0.25) is 11.8 Å². The van der Waals surface area contributed by atoms with Crippen LogP contribution in [-0.2, 0) is 41.9 Å². The zero-order valence-corrected chi connectivity index (χ0v) is 39.3. The van der Waals surface area contributed by atoms with Crippen molar-refractivity contribution in [2.24, 2.45) is 22.9 Å². The highest BCUT2D eigenvalue weighted by Crippen LogP contribution is 2.45. The Kier molecular flexibility index (Phi) is 19.8. The molecule has 0 spiro atoms. The average molecular weight is 953 g/mol. The smallest absolute Gasteiger partial charge is 0.338 e. The van der Waals surface area contributed by atoms with Crippen molar-refractivity contribution in [1.82, 2.24) is 10.6 Å². The summed E-state index contributed by atoms with van der Waals surface area (Å²) in [5, 5.41) is 9.57. The van der Waals surface area contributed by atoms with Gasteiger partial charge >= 0.3 is 23.9 Å². The van der Waals surface area contributed by atoms with E-state index in [1.807, 2.05) is 133 Å². The molecule has 16 nitrogen and oxygen atoms in total. The fraction of sp³-hybridized carbons (Fsp3) is 0.296. The highest BCUT2D eigenvalue weighted by atomic mass is 16.5. The number of nitrogens with one attached hydrogen (secondary N) is 4. The third-order valence-corrected chi connectivity index (χ3v) is 11.3. The molecule has 16 heteroatoms. The minimum Gasteiger partial charge on any atom is -0.493 e. The predicted octanol–water partition coefficient (Wildman–Crippen LogP) is 2.70. The quantitative estimate of drug-likeness (QED) is 0.0161. The van der Waals surface area contributed by atoms with E-state index in [0.29, 0.717) is 63.1 Å². The Morgan fingerprint density at radius 2 is 0.857 bits per heavy atom. The van der Waals surface area contributed by atoms with Crippen LogP contribution in [0.1, 0.15) is 62.5 Å². The van der Waals surface area contributed by atoms with E-state index in [1.165, 1.54) is 0 Å². The third kappa shape index (κ3) is 16.0. The van der Waals surface area contributed by atoms with Gasteiger partial charge in [-0.25, -0.2) is 9.59 Å². The summed E-state index contributed by atoms with van der Waals surface area (Å²) in [5.41, 5.74) is 25.5. The summed E-state index contributed by atoms with van der Waals surface area (Å²) in [6.45, 7) is 1.40. The first-order chi connectivity index (χ1) is 34.0. The van der Waals surface area contributed by atoms with Crippen LogP contribution in [0.2, 0.25) is 0 Å². The molecule has 2 amide bonds. The summed E-state index contributed by atoms with van der Waals surface area (Å²) in [5.74, 6) is -0.362. The Labute approximate surface area is 407 Å². The molecule has 2 atom stereocenters. The van der Waals surface area contributed by atoms with Crippen molar-refractivity contribution >= 4 is 57.2 Å². The summed E-state index contributed by atoms with van der Waals surface area (Å²) in [6, 6.07) is 40.8. The topological polar surface area (TPSA) is 261 Å². The first-order valence-electron chi connectivity index (χ1n) is 23.6. The average Bonchev–Trinajstić information content (AvgIpc) is 3.37. The first kappa shape index (κ1) is 51.3. The first-order valence-corrected chi connectivity index (χ1v) is 23.6. The van der Waals surface area contributed by atoms with E-state index >= 15 is 0 Å². The number of fused-ring (bicyclic) bond motifs is 2. The number of carbonyl (C=O) groups is 4. The van der Waals surface area contributed by atoms with Gasteiger partial charge in [0.15, 0.2) is 0 Å². The van der Waals surface area contributed by atoms with Gasteiger partial charge in [0.1, 0.15) is 36.8 Å². The highest BCUT2D eigenvalue weighted by Gasteiger charge is 2.25. The maximum absolute atomic E-state index is 13.3. The molecular weight excluding hydrogens is 889 g/mol. The molecule has 0 saturated carbocycles. The lowest BCUT2D eigenvalue weighted by atomic mass is 9.92. The van der Waals surface area contributed by atoms with Crippen molar-refractivity contribution in [3.05, 3.63) is 145 Å². The molecule has 6 aromatic carbocycles. The van der Waals surface area contributed by atoms with Crippen LogP contribution in [0.3, 0.4) is 0 Å². The van der Waals surface area contributed by atoms with Crippen LogP contribution in [0, 0.1) is 0 Å². The minimum atomic E-state index is -0.871. The van der Waals surface area contributed by atoms with E-state index in [4.69, 9.17) is 41.9 Å². The lowest BCUT2D eigenvalue weighted by Gasteiger charge is -2.20. The standard InChI is InChI=1S/C54H62N8O8/c55-53(56)59-31-11-23-43(51(65)69-35-37-15-3-1-4-16-37)61-47(63)25-13-33-67-45-29-27-39-19-7-9-21-41(39)49(45)50-42-22-10-8-20-40(42)28-30-46(50)68-34-14-26-48(64)62-44(24-12-32-60-54(57)58)52(66)70-36-38-17-5-2-6-18-38/h1-10,15-22,27-30,43-44H,11-14,23-26,31-36H2,(H,61,63)(H,62,64)(H4,55,56,59)(H4,57,58,60)/p+2/t43-,44-/m1/s1. The van der Waals surface area contributed by atoms with Crippen molar-refractivity contribution in [2.45, 2.75) is 76.7 Å². The summed E-state index contributed by atoms with van der Waals surface area (Å²) >= 11 is 0. The second-order valence-corrected chi connectivity index (χ2v) is 16.7. The number of nitrogens with two attached hydrogens (primary N) is 4. The Morgan fingerprint density at radius 3 is 1.26 bits per heavy atom. The molecule has 0 saturated heterocycles. The summed E-state index contributed by atoms with van der Waals surface area (Å²) in [6.07, 6.45) is 2.54. The maximum Gasteiger partial charge on any atom is 0.338 e. The van der Waals surface area contributed by atoms with Crippen molar-refractivity contribution in [3.8, 4) is 22.6 Å². The lowest BCUT2D eigenvalue weighted by Crippen LogP contribution is -2.78. The number of hydrogen-bond donors (Lipinski definition) is 8. The molecule has 12 N–H and O–H groups in total. The number of benzene rings is 6. The van der Waals surface area contributed by atoms with E-state index in [1.54, 1.807) is 0 Å². The van der Waals surface area contributed by atoms with Crippen molar-refractivity contribution < 1.29 is 48.1 Å². The second kappa shape index (κ2) is 27.0. The largest absolute Gasteiger partial charge is 0.493 e. The fourth-order valence-corrected chi connectivity index (χ4v) is 7.86. The van der Waals surface area contributed by atoms with Crippen LogP contribution < -0.4 is 53.0 Å². The molecule has 6 aromatic rings. The normalized spacial score (nSPS) is 11.7. The Hall–Kier alpha value is -8.14. The fourth-order valence-electron chi connectivity index (χ4n) is 7.86. The van der Waals surface area contributed by atoms with Crippen LogP contribution in [0.25, 0.3) is 32.7 Å². The van der Waals surface area contributed by atoms with Gasteiger partial charge in [-0.05, 0) is 83.3 Å². The van der Waals surface area contributed by atoms with Crippen molar-refractivity contribution in [3.63, 3.8) is 0 Å². The van der Waals surface area contributed by atoms with Gasteiger partial charge in [-0.1, -0.05) is 121 Å². The molecule has 6 rings (SSSR count). The van der Waals surface area contributed by atoms with Gasteiger partial charge in [0, 0.05) is 24.0 Å². The van der Waals surface area contributed by atoms with E-state index in [2.05, 4.69) is 20.6 Å². The summed E-state index contributed by atoms with van der Waals surface area (Å²) < 4.78 is 24.2. The van der Waals surface area contributed by atoms with Gasteiger partial charge in [-0.3, -0.25) is 42.5 Å². The number of hydrogen-bond acceptors (Lipinski definition) is 8. The Bertz CT molecular complexity index is 2540. The van der Waals surface area contributed by atoms with E-state index in [-0.39, 0.29) is 63.0 Å². The van der Waals surface area contributed by atoms with Gasteiger partial charge in [-0.2, -0.15) is 0 Å². The molecule has 70 heavy (non-hydrogen) atoms. The van der Waals surface area contributed by atoms with Gasteiger partial charge < -0.3 is 29.6 Å². The number of ether oxygens (including phenoxy) is 4. The molecule has 0 aliphatic rings. The molecule has 0 aliphatic carbocycles. The van der Waals surface area contributed by atoms with E-state index < -0.39 is 24.0 Å². The van der Waals surface area contributed by atoms with E-state index in [0.717, 1.165) is 43.8 Å². The molecule has 0 radical (unpaired) electrons. The monoisotopic (exact) mass is 952 g/mol. The second-order valence-electron chi connectivity index (χ2n) is 16.7. The van der Waals surface area contributed by atoms with E-state index in [9.17, 15) is 19.2 Å². The Morgan fingerprint density at radius 1 is 0.471 bits per heavy atom. The van der Waals surface area contributed by atoms with Crippen molar-refractivity contribution in [2.75, 3.05) is 26.3 Å². The molecule has 0 aromatic heterocycles. The number of carbonyl (C=O) groups excluding carboxylic acids is 4. The molecule has 0 fully saturated rings. The van der Waals surface area contributed by atoms with Gasteiger partial charge in [0.25, 0.3) is 0 Å². The summed E-state index contributed by atoms with van der Waals surface area (Å²) in [7, 11) is 0. The van der Waals surface area contributed by atoms with Crippen LogP contribution in [0.5, 0.6) is 11.5 Å². The molecule has 0 aliphatic heterocycles. The number of rotatable bonds is 27. The van der Waals surface area contributed by atoms with Gasteiger partial charge in [-0.15, -0.1) is 0 Å². The SMILES string of the molecule is NC(N)=[NH+]CCC[C@@H](NC(=O)CCCOc1ccc2ccccc2c1-c1c(OCCCC(=O)N[C@H](CCC[NH+]=C(N)N)C(=O)OCc2ccccc2)ccc2ccccc12)C(=O)OCc1ccccc1. The van der Waals surface area contributed by atoms with Gasteiger partial charge in [0.05, 0.1) is 26.3 Å². The maximum atomic E-state index is 13.3.